The minimum absolute atomic E-state index is 0.00333. The van der Waals surface area contributed by atoms with Crippen LogP contribution in [-0.4, -0.2) is 34.9 Å². The highest BCUT2D eigenvalue weighted by Gasteiger charge is 2.13. The summed E-state index contributed by atoms with van der Waals surface area (Å²) in [5, 5.41) is 0.309. The van der Waals surface area contributed by atoms with E-state index in [1.165, 1.54) is 33.7 Å². The first-order chi connectivity index (χ1) is 11.2. The first-order valence-corrected chi connectivity index (χ1v) is 6.58. The van der Waals surface area contributed by atoms with Crippen molar-refractivity contribution in [3.05, 3.63) is 34.2 Å². The smallest absolute Gasteiger partial charge is 0.208 e. The van der Waals surface area contributed by atoms with Crippen LogP contribution in [-0.2, 0) is 14.2 Å². The Labute approximate surface area is 132 Å². The molecule has 1 aromatic heterocycles. The van der Waals surface area contributed by atoms with E-state index in [2.05, 4.69) is 16.8 Å². The first-order valence-electron chi connectivity index (χ1n) is 6.58. The molecule has 0 aliphatic rings. The Hall–Kier alpha value is -2.69. The number of fused-ring (bicyclic) bond motifs is 1. The minimum Gasteiger partial charge on any atom is -0.464 e. The van der Waals surface area contributed by atoms with E-state index >= 15 is 0 Å². The van der Waals surface area contributed by atoms with Gasteiger partial charge < -0.3 is 28.1 Å². The Morgan fingerprint density at radius 3 is 2.30 bits per heavy atom. The van der Waals surface area contributed by atoms with Crippen molar-refractivity contribution in [2.75, 3.05) is 34.9 Å². The van der Waals surface area contributed by atoms with Crippen molar-refractivity contribution in [1.82, 2.24) is 0 Å². The average molecular weight is 320 g/mol. The molecule has 0 bridgehead atoms. The molecule has 7 nitrogen and oxygen atoms in total. The first kappa shape index (κ1) is 16.7. The summed E-state index contributed by atoms with van der Waals surface area (Å²) in [6.07, 6.45) is 3.63. The number of benzene rings is 1. The molecule has 1 aromatic carbocycles. The molecular formula is C16H16O7. The Morgan fingerprint density at radius 2 is 1.70 bits per heavy atom. The number of hydrogen-bond donors (Lipinski definition) is 0. The van der Waals surface area contributed by atoms with Gasteiger partial charge in [0.05, 0.1) is 12.5 Å². The molecule has 0 saturated carbocycles. The van der Waals surface area contributed by atoms with E-state index < -0.39 is 0 Å². The normalized spacial score (nSPS) is 10.0. The third kappa shape index (κ3) is 3.94. The fourth-order valence-corrected chi connectivity index (χ4v) is 1.80. The fraction of sp³-hybridized carbons (Fsp3) is 0.312. The van der Waals surface area contributed by atoms with E-state index in [0.29, 0.717) is 22.5 Å². The van der Waals surface area contributed by atoms with Gasteiger partial charge in [-0.15, -0.1) is 0 Å². The van der Waals surface area contributed by atoms with Crippen LogP contribution in [0, 0.1) is 12.0 Å². The molecule has 2 rings (SSSR count). The highest BCUT2D eigenvalue weighted by Crippen LogP contribution is 2.31. The molecule has 0 saturated heterocycles. The van der Waals surface area contributed by atoms with Crippen LogP contribution in [0.2, 0.25) is 0 Å². The van der Waals surface area contributed by atoms with Crippen LogP contribution in [0.25, 0.3) is 11.0 Å². The van der Waals surface area contributed by atoms with Crippen LogP contribution in [0.5, 0.6) is 11.5 Å². The fourth-order valence-electron chi connectivity index (χ4n) is 1.80. The summed E-state index contributed by atoms with van der Waals surface area (Å²) in [4.78, 5) is 12.4. The molecule has 0 atom stereocenters. The van der Waals surface area contributed by atoms with Gasteiger partial charge in [0.1, 0.15) is 23.5 Å². The third-order valence-electron chi connectivity index (χ3n) is 2.79. The number of rotatable bonds is 6. The van der Waals surface area contributed by atoms with E-state index in [9.17, 15) is 4.79 Å². The molecule has 0 radical (unpaired) electrons. The van der Waals surface area contributed by atoms with E-state index in [4.69, 9.17) is 23.4 Å². The lowest BCUT2D eigenvalue weighted by Crippen LogP contribution is -2.08. The van der Waals surface area contributed by atoms with Crippen molar-refractivity contribution in [3.8, 4) is 23.5 Å². The average Bonchev–Trinajstić information content (AvgIpc) is 2.57. The second-order valence-corrected chi connectivity index (χ2v) is 4.31. The van der Waals surface area contributed by atoms with Crippen LogP contribution in [0.3, 0.4) is 0 Å². The predicted octanol–water partition coefficient (Wildman–Crippen LogP) is 1.71. The van der Waals surface area contributed by atoms with E-state index in [1.807, 2.05) is 0 Å². The van der Waals surface area contributed by atoms with Crippen molar-refractivity contribution in [3.63, 3.8) is 0 Å². The zero-order valence-electron chi connectivity index (χ0n) is 13.0. The maximum absolute atomic E-state index is 12.4. The van der Waals surface area contributed by atoms with Gasteiger partial charge in [-0.05, 0) is 12.0 Å². The van der Waals surface area contributed by atoms with Gasteiger partial charge in [0.25, 0.3) is 0 Å². The van der Waals surface area contributed by atoms with E-state index in [0.717, 1.165) is 0 Å². The number of ether oxygens (including phenoxy) is 5. The number of hydrogen-bond acceptors (Lipinski definition) is 7. The van der Waals surface area contributed by atoms with Gasteiger partial charge in [0.15, 0.2) is 25.1 Å². The van der Waals surface area contributed by atoms with Gasteiger partial charge >= 0.3 is 0 Å². The molecule has 0 amide bonds. The van der Waals surface area contributed by atoms with Crippen molar-refractivity contribution < 1.29 is 28.1 Å². The highest BCUT2D eigenvalue weighted by atomic mass is 16.7. The Morgan fingerprint density at radius 1 is 1.04 bits per heavy atom. The second kappa shape index (κ2) is 8.08. The molecule has 1 heterocycles. The molecule has 23 heavy (non-hydrogen) atoms. The van der Waals surface area contributed by atoms with Gasteiger partial charge in [-0.25, -0.2) is 0 Å². The van der Waals surface area contributed by atoms with Crippen molar-refractivity contribution >= 4 is 11.0 Å². The lowest BCUT2D eigenvalue weighted by atomic mass is 10.1. The topological polar surface area (TPSA) is 76.4 Å². The number of methoxy groups -OCH3 is 3. The molecule has 122 valence electrons. The molecule has 7 heteroatoms. The summed E-state index contributed by atoms with van der Waals surface area (Å²) in [5.41, 5.74) is 0.229. The molecule has 0 aliphatic carbocycles. The molecule has 0 fully saturated rings. The van der Waals surface area contributed by atoms with E-state index in [-0.39, 0.29) is 24.6 Å². The third-order valence-corrected chi connectivity index (χ3v) is 2.79. The molecule has 2 aromatic rings. The van der Waals surface area contributed by atoms with Crippen LogP contribution >= 0.6 is 0 Å². The molecular weight excluding hydrogens is 304 g/mol. The maximum Gasteiger partial charge on any atom is 0.208 e. The lowest BCUT2D eigenvalue weighted by molar-refractivity contribution is 0.0324. The summed E-state index contributed by atoms with van der Waals surface area (Å²) in [5.74, 6) is 3.28. The molecule has 0 spiro atoms. The summed E-state index contributed by atoms with van der Waals surface area (Å²) >= 11 is 0. The summed E-state index contributed by atoms with van der Waals surface area (Å²) in [6, 6.07) is 3.07. The highest BCUT2D eigenvalue weighted by molar-refractivity contribution is 5.81. The largest absolute Gasteiger partial charge is 0.464 e. The zero-order valence-corrected chi connectivity index (χ0v) is 13.0. The van der Waals surface area contributed by atoms with Crippen LogP contribution in [0.15, 0.2) is 27.6 Å². The maximum atomic E-state index is 12.4. The summed E-state index contributed by atoms with van der Waals surface area (Å²) in [6.45, 7) is 0.0276. The van der Waals surface area contributed by atoms with Crippen molar-refractivity contribution in [1.29, 1.82) is 0 Å². The summed E-state index contributed by atoms with van der Waals surface area (Å²) in [7, 11) is 4.40. The lowest BCUT2D eigenvalue weighted by Gasteiger charge is -2.12. The monoisotopic (exact) mass is 320 g/mol. The predicted molar refractivity (Wildman–Crippen MR) is 81.4 cm³/mol. The molecule has 0 aliphatic heterocycles. The van der Waals surface area contributed by atoms with Gasteiger partial charge in [0, 0.05) is 20.3 Å². The Balaban J connectivity index is 2.54. The van der Waals surface area contributed by atoms with Gasteiger partial charge in [0.2, 0.25) is 5.43 Å². The van der Waals surface area contributed by atoms with Crippen LogP contribution in [0.4, 0.5) is 0 Å². The molecule has 0 N–H and O–H groups in total. The minimum atomic E-state index is -0.295. The summed E-state index contributed by atoms with van der Waals surface area (Å²) < 4.78 is 30.7. The van der Waals surface area contributed by atoms with Crippen LogP contribution in [0.1, 0.15) is 5.56 Å². The standard InChI is InChI=1S/C16H16O7/c1-18-5-4-11-8-21-13-7-15(23-10-20-3)14(22-9-19-2)6-12(13)16(11)17/h6-8H,9-10H2,1-3H3. The van der Waals surface area contributed by atoms with E-state index in [1.54, 1.807) is 6.07 Å². The van der Waals surface area contributed by atoms with Gasteiger partial charge in [-0.2, -0.15) is 0 Å². The zero-order chi connectivity index (χ0) is 16.7. The van der Waals surface area contributed by atoms with Crippen LogP contribution < -0.4 is 14.9 Å². The van der Waals surface area contributed by atoms with Crippen molar-refractivity contribution in [2.24, 2.45) is 0 Å². The van der Waals surface area contributed by atoms with Gasteiger partial charge in [-0.1, -0.05) is 0 Å². The Kier molecular flexibility index (Phi) is 5.86. The Bertz CT molecular complexity index is 783. The van der Waals surface area contributed by atoms with Gasteiger partial charge in [-0.3, -0.25) is 4.79 Å². The SMILES string of the molecule is COC#Cc1coc2cc(OCOC)c(OCOC)cc2c1=O. The van der Waals surface area contributed by atoms with Crippen molar-refractivity contribution in [2.45, 2.75) is 0 Å². The second-order valence-electron chi connectivity index (χ2n) is 4.31. The quantitative estimate of drug-likeness (QED) is 0.592. The molecule has 0 unspecified atom stereocenters.